The molecule has 90 valence electrons. The smallest absolute Gasteiger partial charge is 0.334 e. The molecule has 3 nitrogen and oxygen atoms in total. The molecule has 1 aromatic carbocycles. The van der Waals surface area contributed by atoms with E-state index >= 15 is 0 Å². The number of thiazole rings is 1. The summed E-state index contributed by atoms with van der Waals surface area (Å²) in [6.45, 7) is 2.09. The number of fused-ring (bicyclic) bond motifs is 1. The van der Waals surface area contributed by atoms with Gasteiger partial charge in [0.1, 0.15) is 24.5 Å². The Morgan fingerprint density at radius 3 is 2.76 bits per heavy atom. The molecule has 0 fully saturated rings. The van der Waals surface area contributed by atoms with Crippen LogP contribution in [0.25, 0.3) is 11.3 Å². The minimum atomic E-state index is 0. The summed E-state index contributed by atoms with van der Waals surface area (Å²) in [5.41, 5.74) is 2.53. The van der Waals surface area contributed by atoms with Gasteiger partial charge in [-0.1, -0.05) is 11.3 Å². The Balaban J connectivity index is 0.00000108. The summed E-state index contributed by atoms with van der Waals surface area (Å²) < 4.78 is 7.49. The number of nitrogens with zero attached hydrogens (tertiary/aromatic N) is 1. The van der Waals surface area contributed by atoms with Crippen molar-refractivity contribution < 1.29 is 21.7 Å². The Bertz CT molecular complexity index is 510. The molecule has 0 bridgehead atoms. The number of rotatable bonds is 2. The SMILES string of the molecule is COc1ccc(-c2csc3[n+]2CCN3)cc1.[Cl-]. The first-order chi connectivity index (χ1) is 7.88. The molecule has 1 N–H and O–H groups in total. The van der Waals surface area contributed by atoms with Crippen LogP contribution >= 0.6 is 11.3 Å². The first-order valence-electron chi connectivity index (χ1n) is 5.28. The average Bonchev–Trinajstić information content (AvgIpc) is 2.91. The second kappa shape index (κ2) is 4.94. The standard InChI is InChI=1S/C12H12N2OS.ClH/c1-15-10-4-2-9(3-5-10)11-8-16-12-13-6-7-14(11)12;/h2-5,8H,6-7H2,1H3;1H. The second-order valence-electron chi connectivity index (χ2n) is 3.73. The predicted octanol–water partition coefficient (Wildman–Crippen LogP) is -0.859. The van der Waals surface area contributed by atoms with Gasteiger partial charge in [-0.25, -0.2) is 4.57 Å². The molecule has 0 saturated heterocycles. The fourth-order valence-corrected chi connectivity index (χ4v) is 2.96. The van der Waals surface area contributed by atoms with Gasteiger partial charge in [0.2, 0.25) is 0 Å². The third-order valence-electron chi connectivity index (χ3n) is 2.82. The van der Waals surface area contributed by atoms with Crippen LogP contribution in [0.1, 0.15) is 0 Å². The van der Waals surface area contributed by atoms with Gasteiger partial charge in [0.25, 0.3) is 0 Å². The predicted molar refractivity (Wildman–Crippen MR) is 65.0 cm³/mol. The molecule has 1 aromatic heterocycles. The molecule has 5 heteroatoms. The number of hydrogen-bond donors (Lipinski definition) is 1. The van der Waals surface area contributed by atoms with E-state index in [1.165, 1.54) is 16.4 Å². The van der Waals surface area contributed by atoms with Crippen LogP contribution in [0.5, 0.6) is 5.75 Å². The quantitative estimate of drug-likeness (QED) is 0.718. The van der Waals surface area contributed by atoms with Gasteiger partial charge in [0.15, 0.2) is 0 Å². The van der Waals surface area contributed by atoms with Crippen molar-refractivity contribution in [3.05, 3.63) is 29.6 Å². The van der Waals surface area contributed by atoms with Crippen LogP contribution in [0.4, 0.5) is 5.13 Å². The normalized spacial score (nSPS) is 12.5. The van der Waals surface area contributed by atoms with Gasteiger partial charge in [-0.05, 0) is 24.3 Å². The Morgan fingerprint density at radius 2 is 2.06 bits per heavy atom. The fourth-order valence-electron chi connectivity index (χ4n) is 1.97. The highest BCUT2D eigenvalue weighted by molar-refractivity contribution is 7.13. The van der Waals surface area contributed by atoms with Crippen molar-refractivity contribution >= 4 is 16.5 Å². The van der Waals surface area contributed by atoms with E-state index in [2.05, 4.69) is 27.4 Å². The Kier molecular flexibility index (Phi) is 3.54. The molecule has 0 unspecified atom stereocenters. The number of ether oxygens (including phenoxy) is 1. The van der Waals surface area contributed by atoms with Crippen LogP contribution in [0.2, 0.25) is 0 Å². The lowest BCUT2D eigenvalue weighted by Crippen LogP contribution is -3.00. The maximum atomic E-state index is 5.16. The highest BCUT2D eigenvalue weighted by atomic mass is 35.5. The zero-order valence-corrected chi connectivity index (χ0v) is 11.0. The van der Waals surface area contributed by atoms with Crippen LogP contribution in [-0.4, -0.2) is 13.7 Å². The van der Waals surface area contributed by atoms with E-state index < -0.39 is 0 Å². The highest BCUT2D eigenvalue weighted by Gasteiger charge is 2.23. The Labute approximate surface area is 110 Å². The molecular formula is C12H13ClN2OS. The monoisotopic (exact) mass is 268 g/mol. The third kappa shape index (κ3) is 2.10. The molecule has 17 heavy (non-hydrogen) atoms. The summed E-state index contributed by atoms with van der Waals surface area (Å²) in [5, 5.41) is 6.82. The molecule has 1 aliphatic heterocycles. The largest absolute Gasteiger partial charge is 1.00 e. The molecule has 1 aliphatic rings. The first-order valence-corrected chi connectivity index (χ1v) is 6.16. The van der Waals surface area contributed by atoms with Gasteiger partial charge in [-0.15, -0.1) is 0 Å². The zero-order valence-electron chi connectivity index (χ0n) is 9.44. The maximum absolute atomic E-state index is 5.16. The zero-order chi connectivity index (χ0) is 11.0. The molecule has 0 saturated carbocycles. The van der Waals surface area contributed by atoms with Gasteiger partial charge in [-0.3, -0.25) is 5.32 Å². The molecular weight excluding hydrogens is 256 g/mol. The number of anilines is 1. The number of aromatic nitrogens is 1. The number of benzene rings is 1. The van der Waals surface area contributed by atoms with Gasteiger partial charge < -0.3 is 17.1 Å². The summed E-state index contributed by atoms with van der Waals surface area (Å²) in [7, 11) is 1.69. The van der Waals surface area contributed by atoms with E-state index in [1.54, 1.807) is 18.4 Å². The van der Waals surface area contributed by atoms with Crippen molar-refractivity contribution in [1.82, 2.24) is 0 Å². The first kappa shape index (κ1) is 12.2. The Morgan fingerprint density at radius 1 is 1.29 bits per heavy atom. The van der Waals surface area contributed by atoms with Crippen molar-refractivity contribution in [2.75, 3.05) is 19.0 Å². The number of halogens is 1. The third-order valence-corrected chi connectivity index (χ3v) is 3.74. The topological polar surface area (TPSA) is 25.1 Å². The summed E-state index contributed by atoms with van der Waals surface area (Å²) in [6, 6.07) is 8.21. The van der Waals surface area contributed by atoms with Crippen LogP contribution in [-0.2, 0) is 6.54 Å². The number of methoxy groups -OCH3 is 1. The summed E-state index contributed by atoms with van der Waals surface area (Å²) >= 11 is 1.76. The van der Waals surface area contributed by atoms with Gasteiger partial charge >= 0.3 is 5.13 Å². The van der Waals surface area contributed by atoms with Crippen molar-refractivity contribution in [2.45, 2.75) is 6.54 Å². The molecule has 0 atom stereocenters. The number of hydrogen-bond acceptors (Lipinski definition) is 3. The summed E-state index contributed by atoms with van der Waals surface area (Å²) in [4.78, 5) is 0. The average molecular weight is 269 g/mol. The lowest BCUT2D eigenvalue weighted by atomic mass is 10.1. The highest BCUT2D eigenvalue weighted by Crippen LogP contribution is 2.26. The lowest BCUT2D eigenvalue weighted by Gasteiger charge is -2.01. The fraction of sp³-hybridized carbons (Fsp3) is 0.250. The summed E-state index contributed by atoms with van der Waals surface area (Å²) in [6.07, 6.45) is 0. The molecule has 3 rings (SSSR count). The summed E-state index contributed by atoms with van der Waals surface area (Å²) in [5.74, 6) is 0.902. The maximum Gasteiger partial charge on any atom is 0.334 e. The molecule has 2 aromatic rings. The van der Waals surface area contributed by atoms with Crippen molar-refractivity contribution in [2.24, 2.45) is 0 Å². The van der Waals surface area contributed by atoms with E-state index in [9.17, 15) is 0 Å². The molecule has 2 heterocycles. The second-order valence-corrected chi connectivity index (χ2v) is 4.59. The van der Waals surface area contributed by atoms with E-state index in [1.807, 2.05) is 12.1 Å². The van der Waals surface area contributed by atoms with E-state index in [-0.39, 0.29) is 12.4 Å². The molecule has 0 amide bonds. The van der Waals surface area contributed by atoms with Crippen LogP contribution < -0.4 is 27.0 Å². The van der Waals surface area contributed by atoms with Gasteiger partial charge in [0.05, 0.1) is 7.11 Å². The van der Waals surface area contributed by atoms with E-state index in [0.29, 0.717) is 0 Å². The number of nitrogens with one attached hydrogen (secondary N) is 1. The van der Waals surface area contributed by atoms with Crippen LogP contribution in [0.15, 0.2) is 29.6 Å². The molecule has 0 spiro atoms. The van der Waals surface area contributed by atoms with E-state index in [4.69, 9.17) is 4.74 Å². The minimum absolute atomic E-state index is 0. The van der Waals surface area contributed by atoms with E-state index in [0.717, 1.165) is 18.8 Å². The lowest BCUT2D eigenvalue weighted by molar-refractivity contribution is -0.655. The van der Waals surface area contributed by atoms with Gasteiger partial charge in [0, 0.05) is 10.9 Å². The van der Waals surface area contributed by atoms with Crippen LogP contribution in [0, 0.1) is 0 Å². The van der Waals surface area contributed by atoms with Crippen molar-refractivity contribution in [3.8, 4) is 17.0 Å². The van der Waals surface area contributed by atoms with Gasteiger partial charge in [-0.2, -0.15) is 0 Å². The molecule has 0 radical (unpaired) electrons. The van der Waals surface area contributed by atoms with Crippen molar-refractivity contribution in [1.29, 1.82) is 0 Å². The van der Waals surface area contributed by atoms with Crippen molar-refractivity contribution in [3.63, 3.8) is 0 Å². The minimum Gasteiger partial charge on any atom is -1.00 e. The Hall–Kier alpha value is -1.26. The molecule has 0 aliphatic carbocycles. The van der Waals surface area contributed by atoms with Crippen LogP contribution in [0.3, 0.4) is 0 Å².